The molecule has 1 unspecified atom stereocenters. The van der Waals surface area contributed by atoms with Crippen LogP contribution in [0.2, 0.25) is 0 Å². The summed E-state index contributed by atoms with van der Waals surface area (Å²) >= 11 is -2.64. The highest BCUT2D eigenvalue weighted by Gasteiger charge is 2.25. The maximum absolute atomic E-state index is 13.5. The van der Waals surface area contributed by atoms with Gasteiger partial charge < -0.3 is 23.3 Å². The Morgan fingerprint density at radius 3 is 2.50 bits per heavy atom. The van der Waals surface area contributed by atoms with Crippen LogP contribution < -0.4 is 9.62 Å². The van der Waals surface area contributed by atoms with Gasteiger partial charge in [-0.15, -0.1) is 0 Å². The van der Waals surface area contributed by atoms with Crippen molar-refractivity contribution in [3.63, 3.8) is 0 Å². The van der Waals surface area contributed by atoms with Gasteiger partial charge in [0.25, 0.3) is 5.91 Å². The molecule has 186 valence electrons. The molecule has 4 rings (SSSR count). The number of hydrogen-bond donors (Lipinski definition) is 1. The van der Waals surface area contributed by atoms with Gasteiger partial charge in [-0.05, 0) is 43.3 Å². The molecule has 1 atom stereocenters. The molecule has 0 aliphatic heterocycles. The molecule has 0 saturated heterocycles. The van der Waals surface area contributed by atoms with Gasteiger partial charge in [-0.3, -0.25) is 14.0 Å². The molecular weight excluding hydrogens is 489 g/mol. The molecule has 2 aromatic carbocycles. The molecule has 0 bridgehead atoms. The molecule has 0 aliphatic rings. The van der Waals surface area contributed by atoms with E-state index in [4.69, 9.17) is 9.15 Å². The summed E-state index contributed by atoms with van der Waals surface area (Å²) in [6.07, 6.45) is 2.80. The van der Waals surface area contributed by atoms with Gasteiger partial charge in [-0.2, -0.15) is 0 Å². The van der Waals surface area contributed by atoms with Gasteiger partial charge in [0.05, 0.1) is 23.9 Å². The van der Waals surface area contributed by atoms with Gasteiger partial charge in [-0.1, -0.05) is 0 Å². The van der Waals surface area contributed by atoms with Crippen molar-refractivity contribution in [1.29, 1.82) is 0 Å². The second-order valence-electron chi connectivity index (χ2n) is 7.62. The molecule has 4 aromatic rings. The number of nitrogens with one attached hydrogen (secondary N) is 1. The van der Waals surface area contributed by atoms with Gasteiger partial charge in [0.1, 0.15) is 17.2 Å². The van der Waals surface area contributed by atoms with Crippen LogP contribution in [0.4, 0.5) is 10.1 Å². The zero-order valence-electron chi connectivity index (χ0n) is 19.5. The van der Waals surface area contributed by atoms with E-state index >= 15 is 0 Å². The summed E-state index contributed by atoms with van der Waals surface area (Å²) in [5.74, 6) is -1.32. The third-order valence-electron chi connectivity index (χ3n) is 5.57. The summed E-state index contributed by atoms with van der Waals surface area (Å²) in [6.45, 7) is 1.77. The number of rotatable bonds is 7. The fraction of sp³-hybridized carbons (Fsp3) is 0.160. The zero-order chi connectivity index (χ0) is 26.0. The van der Waals surface area contributed by atoms with Crippen molar-refractivity contribution in [2.45, 2.75) is 6.92 Å². The lowest BCUT2D eigenvalue weighted by Gasteiger charge is -2.27. The summed E-state index contributed by atoms with van der Waals surface area (Å²) < 4.78 is 49.6. The number of carbonyl (C=O) groups is 2. The van der Waals surface area contributed by atoms with Crippen molar-refractivity contribution in [1.82, 2.24) is 10.3 Å². The first-order valence-electron chi connectivity index (χ1n) is 10.8. The predicted molar refractivity (Wildman–Crippen MR) is 132 cm³/mol. The number of methoxy groups -OCH3 is 1. The van der Waals surface area contributed by atoms with Crippen molar-refractivity contribution in [3.05, 3.63) is 71.8 Å². The summed E-state index contributed by atoms with van der Waals surface area (Å²) in [6, 6.07) is 10.1. The fourth-order valence-electron chi connectivity index (χ4n) is 3.90. The topological polar surface area (TPSA) is 125 Å². The molecular formula is C25H21FN3O6S-. The molecule has 36 heavy (non-hydrogen) atoms. The normalized spacial score (nSPS) is 11.8. The van der Waals surface area contributed by atoms with E-state index in [9.17, 15) is 22.7 Å². The van der Waals surface area contributed by atoms with Gasteiger partial charge in [0.15, 0.2) is 0 Å². The van der Waals surface area contributed by atoms with E-state index in [2.05, 4.69) is 10.3 Å². The maximum atomic E-state index is 13.5. The van der Waals surface area contributed by atoms with Crippen LogP contribution in [0, 0.1) is 5.82 Å². The largest absolute Gasteiger partial charge is 0.755 e. The van der Waals surface area contributed by atoms with Crippen molar-refractivity contribution >= 4 is 39.8 Å². The number of furan rings is 1. The minimum atomic E-state index is -2.64. The smallest absolute Gasteiger partial charge is 0.339 e. The molecule has 0 spiro atoms. The Morgan fingerprint density at radius 1 is 1.17 bits per heavy atom. The highest BCUT2D eigenvalue weighted by atomic mass is 32.2. The molecule has 0 radical (unpaired) electrons. The maximum Gasteiger partial charge on any atom is 0.339 e. The van der Waals surface area contributed by atoms with E-state index in [1.165, 1.54) is 62.9 Å². The van der Waals surface area contributed by atoms with E-state index in [1.807, 2.05) is 0 Å². The zero-order valence-corrected chi connectivity index (χ0v) is 20.3. The molecule has 0 fully saturated rings. The number of benzene rings is 2. The number of nitrogens with zero attached hydrogens (tertiary/aromatic N) is 2. The van der Waals surface area contributed by atoms with Crippen molar-refractivity contribution < 1.29 is 31.9 Å². The van der Waals surface area contributed by atoms with Crippen molar-refractivity contribution in [2.75, 3.05) is 25.0 Å². The molecule has 2 aromatic heterocycles. The molecule has 1 amide bonds. The Morgan fingerprint density at radius 2 is 1.89 bits per heavy atom. The minimum absolute atomic E-state index is 0.104. The average molecular weight is 511 g/mol. The predicted octanol–water partition coefficient (Wildman–Crippen LogP) is 4.07. The highest BCUT2D eigenvalue weighted by molar-refractivity contribution is 7.80. The van der Waals surface area contributed by atoms with Crippen LogP contribution in [0.25, 0.3) is 33.4 Å². The SMILES string of the molecule is CCN(c1cc2oc(-c3ccc(F)cc3)c(C(=O)NC)c2cc1-c1cncc(C(=O)OC)c1)S(=O)[O-]. The number of amides is 1. The summed E-state index contributed by atoms with van der Waals surface area (Å²) in [4.78, 5) is 29.1. The Balaban J connectivity index is 2.06. The van der Waals surface area contributed by atoms with E-state index in [0.29, 0.717) is 22.1 Å². The first kappa shape index (κ1) is 25.0. The lowest BCUT2D eigenvalue weighted by molar-refractivity contribution is 0.0600. The number of fused-ring (bicyclic) bond motifs is 1. The second-order valence-corrected chi connectivity index (χ2v) is 8.50. The molecule has 0 aliphatic carbocycles. The van der Waals surface area contributed by atoms with Crippen molar-refractivity contribution in [2.24, 2.45) is 0 Å². The Hall–Kier alpha value is -4.09. The van der Waals surface area contributed by atoms with Crippen LogP contribution in [-0.4, -0.2) is 46.3 Å². The number of hydrogen-bond acceptors (Lipinski definition) is 7. The van der Waals surface area contributed by atoms with Crippen LogP contribution in [0.15, 0.2) is 59.3 Å². The Kier molecular flexibility index (Phi) is 7.13. The number of pyridine rings is 1. The quantitative estimate of drug-likeness (QED) is 0.294. The highest BCUT2D eigenvalue weighted by Crippen LogP contribution is 2.41. The lowest BCUT2D eigenvalue weighted by Crippen LogP contribution is -2.25. The molecule has 11 heteroatoms. The van der Waals surface area contributed by atoms with E-state index in [0.717, 1.165) is 4.31 Å². The monoisotopic (exact) mass is 510 g/mol. The van der Waals surface area contributed by atoms with Crippen LogP contribution in [0.5, 0.6) is 0 Å². The average Bonchev–Trinajstić information content (AvgIpc) is 3.26. The van der Waals surface area contributed by atoms with Gasteiger partial charge in [0.2, 0.25) is 0 Å². The molecule has 9 nitrogen and oxygen atoms in total. The van der Waals surface area contributed by atoms with Gasteiger partial charge in [-0.25, -0.2) is 9.18 Å². The van der Waals surface area contributed by atoms with Gasteiger partial charge in [0, 0.05) is 65.4 Å². The molecule has 0 saturated carbocycles. The Labute approximate surface area is 208 Å². The van der Waals surface area contributed by atoms with Crippen LogP contribution in [0.1, 0.15) is 27.6 Å². The van der Waals surface area contributed by atoms with E-state index in [-0.39, 0.29) is 34.7 Å². The third-order valence-corrected chi connectivity index (χ3v) is 6.39. The summed E-state index contributed by atoms with van der Waals surface area (Å²) in [5.41, 5.74) is 2.13. The second kappa shape index (κ2) is 10.3. The molecule has 2 heterocycles. The van der Waals surface area contributed by atoms with Crippen molar-refractivity contribution in [3.8, 4) is 22.5 Å². The first-order valence-corrected chi connectivity index (χ1v) is 11.8. The number of esters is 1. The van der Waals surface area contributed by atoms with E-state index < -0.39 is 29.0 Å². The standard InChI is InChI=1S/C25H22FN3O6S/c1-4-29(36(32)33)20-11-21-19(10-18(20)15-9-16(13-28-12-15)25(31)34-3)22(24(30)27-2)23(35-21)14-5-7-17(26)8-6-14/h5-13H,4H2,1-3H3,(H,27,30)(H,32,33)/p-1. The first-order chi connectivity index (χ1) is 17.3. The Bertz CT molecular complexity index is 1490. The summed E-state index contributed by atoms with van der Waals surface area (Å²) in [7, 11) is 2.71. The number of ether oxygens (including phenoxy) is 1. The third kappa shape index (κ3) is 4.58. The number of anilines is 1. The van der Waals surface area contributed by atoms with Crippen LogP contribution in [-0.2, 0) is 16.0 Å². The van der Waals surface area contributed by atoms with Crippen LogP contribution in [0.3, 0.4) is 0 Å². The van der Waals surface area contributed by atoms with Crippen LogP contribution >= 0.6 is 0 Å². The minimum Gasteiger partial charge on any atom is -0.755 e. The number of aromatic nitrogens is 1. The number of carbonyl (C=O) groups excluding carboxylic acids is 2. The van der Waals surface area contributed by atoms with E-state index in [1.54, 1.807) is 13.0 Å². The molecule has 1 N–H and O–H groups in total. The fourth-order valence-corrected chi connectivity index (χ4v) is 4.42. The summed E-state index contributed by atoms with van der Waals surface area (Å²) in [5, 5.41) is 2.98. The van der Waals surface area contributed by atoms with Gasteiger partial charge >= 0.3 is 5.97 Å². The lowest BCUT2D eigenvalue weighted by atomic mass is 9.98. The number of halogens is 1.